The summed E-state index contributed by atoms with van der Waals surface area (Å²) >= 11 is 0. The zero-order valence-corrected chi connectivity index (χ0v) is 10.7. The number of hydrogen-bond donors (Lipinski definition) is 1. The second-order valence-electron chi connectivity index (χ2n) is 4.88. The first-order valence-corrected chi connectivity index (χ1v) is 6.00. The van der Waals surface area contributed by atoms with Crippen LogP contribution in [0.5, 0.6) is 0 Å². The molecule has 17 heavy (non-hydrogen) atoms. The summed E-state index contributed by atoms with van der Waals surface area (Å²) in [7, 11) is 3.80. The number of anilines is 3. The third-order valence-corrected chi connectivity index (χ3v) is 2.97. The van der Waals surface area contributed by atoms with Crippen LogP contribution in [0.15, 0.2) is 0 Å². The van der Waals surface area contributed by atoms with Crippen molar-refractivity contribution in [3.05, 3.63) is 0 Å². The zero-order chi connectivity index (χ0) is 12.4. The molecule has 6 nitrogen and oxygen atoms in total. The van der Waals surface area contributed by atoms with E-state index in [1.807, 2.05) is 19.0 Å². The highest BCUT2D eigenvalue weighted by Gasteiger charge is 2.20. The predicted molar refractivity (Wildman–Crippen MR) is 69.2 cm³/mol. The second-order valence-corrected chi connectivity index (χ2v) is 4.88. The molecule has 0 radical (unpaired) electrons. The number of nitrogens with zero attached hydrogens (tertiary/aromatic N) is 5. The van der Waals surface area contributed by atoms with Crippen LogP contribution in [0, 0.1) is 5.92 Å². The molecule has 2 N–H and O–H groups in total. The number of rotatable bonds is 2. The Morgan fingerprint density at radius 3 is 2.71 bits per heavy atom. The van der Waals surface area contributed by atoms with E-state index < -0.39 is 0 Å². The molecule has 2 rings (SSSR count). The number of aromatic nitrogens is 3. The zero-order valence-electron chi connectivity index (χ0n) is 10.7. The van der Waals surface area contributed by atoms with Crippen LogP contribution in [0.1, 0.15) is 19.8 Å². The maximum atomic E-state index is 5.72. The summed E-state index contributed by atoms with van der Waals surface area (Å²) < 4.78 is 0. The molecule has 0 aromatic carbocycles. The van der Waals surface area contributed by atoms with Gasteiger partial charge < -0.3 is 15.5 Å². The molecule has 2 heterocycles. The van der Waals surface area contributed by atoms with Crippen molar-refractivity contribution in [2.45, 2.75) is 19.8 Å². The Labute approximate surface area is 102 Å². The van der Waals surface area contributed by atoms with Crippen LogP contribution in [-0.4, -0.2) is 42.1 Å². The molecule has 1 aliphatic rings. The summed E-state index contributed by atoms with van der Waals surface area (Å²) in [5.41, 5.74) is 5.72. The summed E-state index contributed by atoms with van der Waals surface area (Å²) in [5, 5.41) is 0. The van der Waals surface area contributed by atoms with E-state index in [1.54, 1.807) is 0 Å². The van der Waals surface area contributed by atoms with Crippen molar-refractivity contribution in [1.29, 1.82) is 0 Å². The molecule has 1 aromatic rings. The van der Waals surface area contributed by atoms with Gasteiger partial charge in [0.25, 0.3) is 0 Å². The number of hydrogen-bond acceptors (Lipinski definition) is 6. The van der Waals surface area contributed by atoms with Crippen LogP contribution in [0.2, 0.25) is 0 Å². The highest BCUT2D eigenvalue weighted by molar-refractivity contribution is 5.42. The average molecular weight is 236 g/mol. The van der Waals surface area contributed by atoms with Crippen LogP contribution in [-0.2, 0) is 0 Å². The van der Waals surface area contributed by atoms with Gasteiger partial charge in [-0.25, -0.2) is 0 Å². The maximum absolute atomic E-state index is 5.72. The van der Waals surface area contributed by atoms with Crippen molar-refractivity contribution in [1.82, 2.24) is 15.0 Å². The van der Waals surface area contributed by atoms with Gasteiger partial charge in [0.2, 0.25) is 17.8 Å². The minimum absolute atomic E-state index is 0.289. The first kappa shape index (κ1) is 11.9. The van der Waals surface area contributed by atoms with Gasteiger partial charge in [0.1, 0.15) is 0 Å². The standard InChI is InChI=1S/C11H20N6/c1-8-5-4-6-17(7-8)11-14-9(12)13-10(15-11)16(2)3/h8H,4-7H2,1-3H3,(H2,12,13,14,15). The average Bonchev–Trinajstić information content (AvgIpc) is 2.28. The highest BCUT2D eigenvalue weighted by atomic mass is 15.3. The molecule has 1 unspecified atom stereocenters. The number of nitrogen functional groups attached to an aromatic ring is 1. The largest absolute Gasteiger partial charge is 0.368 e. The molecule has 1 saturated heterocycles. The van der Waals surface area contributed by atoms with E-state index in [9.17, 15) is 0 Å². The molecule has 0 saturated carbocycles. The maximum Gasteiger partial charge on any atom is 0.231 e. The Balaban J connectivity index is 2.25. The van der Waals surface area contributed by atoms with Crippen molar-refractivity contribution >= 4 is 17.8 Å². The topological polar surface area (TPSA) is 71.2 Å². The summed E-state index contributed by atoms with van der Waals surface area (Å²) in [6.07, 6.45) is 2.46. The molecule has 0 amide bonds. The summed E-state index contributed by atoms with van der Waals surface area (Å²) in [6.45, 7) is 4.25. The van der Waals surface area contributed by atoms with Gasteiger partial charge in [-0.1, -0.05) is 6.92 Å². The fourth-order valence-corrected chi connectivity index (χ4v) is 2.08. The van der Waals surface area contributed by atoms with Gasteiger partial charge in [0, 0.05) is 27.2 Å². The van der Waals surface area contributed by atoms with E-state index in [0.29, 0.717) is 17.8 Å². The van der Waals surface area contributed by atoms with Gasteiger partial charge in [0.05, 0.1) is 0 Å². The second kappa shape index (κ2) is 4.73. The summed E-state index contributed by atoms with van der Waals surface area (Å²) in [4.78, 5) is 16.8. The van der Waals surface area contributed by atoms with Gasteiger partial charge in [0.15, 0.2) is 0 Å². The van der Waals surface area contributed by atoms with Crippen molar-refractivity contribution < 1.29 is 0 Å². The van der Waals surface area contributed by atoms with Gasteiger partial charge in [-0.2, -0.15) is 15.0 Å². The fourth-order valence-electron chi connectivity index (χ4n) is 2.08. The van der Waals surface area contributed by atoms with E-state index in [-0.39, 0.29) is 5.95 Å². The van der Waals surface area contributed by atoms with Crippen LogP contribution in [0.4, 0.5) is 17.8 Å². The molecule has 94 valence electrons. The first-order chi connectivity index (χ1) is 8.06. The molecule has 1 aliphatic heterocycles. The van der Waals surface area contributed by atoms with Crippen LogP contribution >= 0.6 is 0 Å². The molecule has 0 spiro atoms. The summed E-state index contributed by atoms with van der Waals surface area (Å²) in [5.74, 6) is 2.29. The van der Waals surface area contributed by atoms with E-state index in [1.165, 1.54) is 12.8 Å². The lowest BCUT2D eigenvalue weighted by Gasteiger charge is -2.31. The highest BCUT2D eigenvalue weighted by Crippen LogP contribution is 2.21. The molecule has 1 atom stereocenters. The minimum Gasteiger partial charge on any atom is -0.368 e. The third kappa shape index (κ3) is 2.75. The Morgan fingerprint density at radius 2 is 2.06 bits per heavy atom. The molecule has 0 bridgehead atoms. The number of nitrogens with two attached hydrogens (primary N) is 1. The van der Waals surface area contributed by atoms with Crippen LogP contribution in [0.25, 0.3) is 0 Å². The Morgan fingerprint density at radius 1 is 1.29 bits per heavy atom. The lowest BCUT2D eigenvalue weighted by Crippen LogP contribution is -2.36. The molecule has 6 heteroatoms. The smallest absolute Gasteiger partial charge is 0.231 e. The Kier molecular flexibility index (Phi) is 3.31. The van der Waals surface area contributed by atoms with Crippen LogP contribution in [0.3, 0.4) is 0 Å². The third-order valence-electron chi connectivity index (χ3n) is 2.97. The SMILES string of the molecule is CC1CCCN(c2nc(N)nc(N(C)C)n2)C1. The molecular formula is C11H20N6. The van der Waals surface area contributed by atoms with Crippen LogP contribution < -0.4 is 15.5 Å². The van der Waals surface area contributed by atoms with Gasteiger partial charge in [-0.3, -0.25) is 0 Å². The van der Waals surface area contributed by atoms with Gasteiger partial charge in [-0.15, -0.1) is 0 Å². The number of piperidine rings is 1. The van der Waals surface area contributed by atoms with Crippen molar-refractivity contribution in [2.24, 2.45) is 5.92 Å². The monoisotopic (exact) mass is 236 g/mol. The van der Waals surface area contributed by atoms with E-state index in [0.717, 1.165) is 13.1 Å². The lowest BCUT2D eigenvalue weighted by atomic mass is 10.0. The van der Waals surface area contributed by atoms with E-state index >= 15 is 0 Å². The first-order valence-electron chi connectivity index (χ1n) is 6.00. The van der Waals surface area contributed by atoms with E-state index in [2.05, 4.69) is 26.8 Å². The normalized spacial score (nSPS) is 20.4. The minimum atomic E-state index is 0.289. The molecular weight excluding hydrogens is 216 g/mol. The summed E-state index contributed by atoms with van der Waals surface area (Å²) in [6, 6.07) is 0. The molecule has 1 aromatic heterocycles. The fraction of sp³-hybridized carbons (Fsp3) is 0.727. The van der Waals surface area contributed by atoms with E-state index in [4.69, 9.17) is 5.73 Å². The molecule has 1 fully saturated rings. The Hall–Kier alpha value is -1.59. The quantitative estimate of drug-likeness (QED) is 0.817. The molecule has 0 aliphatic carbocycles. The van der Waals surface area contributed by atoms with Gasteiger partial charge in [-0.05, 0) is 18.8 Å². The van der Waals surface area contributed by atoms with Gasteiger partial charge >= 0.3 is 0 Å². The Bertz CT molecular complexity index is 392. The predicted octanol–water partition coefficient (Wildman–Crippen LogP) is 0.756. The van der Waals surface area contributed by atoms with Crippen molar-refractivity contribution in [2.75, 3.05) is 42.7 Å². The van der Waals surface area contributed by atoms with Crippen molar-refractivity contribution in [3.8, 4) is 0 Å². The van der Waals surface area contributed by atoms with Crippen molar-refractivity contribution in [3.63, 3.8) is 0 Å². The lowest BCUT2D eigenvalue weighted by molar-refractivity contribution is 0.442.